The molecule has 0 aliphatic heterocycles. The summed E-state index contributed by atoms with van der Waals surface area (Å²) < 4.78 is 29.0. The zero-order valence-corrected chi connectivity index (χ0v) is 15.6. The standard InChI is InChI=1S/C16H17FN4O2S2/c1-5-19-25(4,23)9-10(2)14(22)21-15-11(3)20-16(24-15)12-6-13(17)8-18-7-12/h1,6-8,10H,9H2,2-4H3,(H,21,22). The van der Waals surface area contributed by atoms with Gasteiger partial charge in [0.1, 0.15) is 15.8 Å². The minimum atomic E-state index is -2.60. The van der Waals surface area contributed by atoms with E-state index in [1.807, 2.05) is 6.04 Å². The first-order valence-electron chi connectivity index (χ1n) is 7.25. The Morgan fingerprint density at radius 2 is 2.28 bits per heavy atom. The monoisotopic (exact) mass is 380 g/mol. The lowest BCUT2D eigenvalue weighted by Gasteiger charge is -2.11. The maximum absolute atomic E-state index is 13.3. The van der Waals surface area contributed by atoms with Crippen LogP contribution >= 0.6 is 11.3 Å². The van der Waals surface area contributed by atoms with Gasteiger partial charge >= 0.3 is 0 Å². The SMILES string of the molecule is C#CN=S(C)(=O)CC(C)C(=O)Nc1sc(-c2cncc(F)c2)nc1C. The second-order valence-electron chi connectivity index (χ2n) is 5.56. The van der Waals surface area contributed by atoms with Gasteiger partial charge in [0.15, 0.2) is 0 Å². The van der Waals surface area contributed by atoms with Crippen molar-refractivity contribution in [1.29, 1.82) is 0 Å². The van der Waals surface area contributed by atoms with Crippen LogP contribution in [0.4, 0.5) is 9.39 Å². The number of carbonyl (C=O) groups excluding carboxylic acids is 1. The minimum Gasteiger partial charge on any atom is -0.316 e. The van der Waals surface area contributed by atoms with Gasteiger partial charge in [-0.25, -0.2) is 13.6 Å². The van der Waals surface area contributed by atoms with E-state index in [1.165, 1.54) is 29.9 Å². The zero-order chi connectivity index (χ0) is 18.6. The second-order valence-corrected chi connectivity index (χ2v) is 9.00. The average molecular weight is 380 g/mol. The van der Waals surface area contributed by atoms with Crippen LogP contribution in [0.3, 0.4) is 0 Å². The molecule has 2 aromatic heterocycles. The summed E-state index contributed by atoms with van der Waals surface area (Å²) in [4.78, 5) is 20.4. The predicted octanol–water partition coefficient (Wildman–Crippen LogP) is 2.92. The summed E-state index contributed by atoms with van der Waals surface area (Å²) in [5, 5.41) is 3.86. The number of terminal acetylenes is 1. The molecule has 2 unspecified atom stereocenters. The van der Waals surface area contributed by atoms with Crippen LogP contribution in [0.15, 0.2) is 22.8 Å². The number of nitrogens with zero attached hydrogens (tertiary/aromatic N) is 3. The molecular formula is C16H17FN4O2S2. The number of carbonyl (C=O) groups is 1. The molecule has 0 aliphatic rings. The van der Waals surface area contributed by atoms with Crippen LogP contribution < -0.4 is 5.32 Å². The fourth-order valence-corrected chi connectivity index (χ4v) is 4.42. The average Bonchev–Trinajstić information content (AvgIpc) is 2.87. The van der Waals surface area contributed by atoms with Crippen molar-refractivity contribution >= 4 is 32.0 Å². The maximum Gasteiger partial charge on any atom is 0.228 e. The Kier molecular flexibility index (Phi) is 5.87. The molecule has 132 valence electrons. The number of nitrogens with one attached hydrogen (secondary N) is 1. The van der Waals surface area contributed by atoms with Crippen molar-refractivity contribution in [2.45, 2.75) is 13.8 Å². The second kappa shape index (κ2) is 7.72. The Bertz CT molecular complexity index is 955. The van der Waals surface area contributed by atoms with Crippen molar-refractivity contribution < 1.29 is 13.4 Å². The highest BCUT2D eigenvalue weighted by molar-refractivity contribution is 7.93. The predicted molar refractivity (Wildman–Crippen MR) is 98.0 cm³/mol. The Balaban J connectivity index is 2.16. The highest BCUT2D eigenvalue weighted by atomic mass is 32.2. The maximum atomic E-state index is 13.3. The summed E-state index contributed by atoms with van der Waals surface area (Å²) in [5.74, 6) is -1.26. The topological polar surface area (TPSA) is 84.3 Å². The van der Waals surface area contributed by atoms with Gasteiger partial charge in [-0.15, -0.1) is 4.36 Å². The molecule has 1 N–H and O–H groups in total. The Labute approximate surface area is 150 Å². The minimum absolute atomic E-state index is 0.0571. The molecule has 0 bridgehead atoms. The molecule has 1 amide bonds. The van der Waals surface area contributed by atoms with Crippen LogP contribution in [0.5, 0.6) is 0 Å². The summed E-state index contributed by atoms with van der Waals surface area (Å²) in [5.41, 5.74) is 1.14. The van der Waals surface area contributed by atoms with E-state index in [0.29, 0.717) is 21.3 Å². The smallest absolute Gasteiger partial charge is 0.228 e. The molecule has 0 aliphatic carbocycles. The summed E-state index contributed by atoms with van der Waals surface area (Å²) in [6.07, 6.45) is 9.08. The van der Waals surface area contributed by atoms with Gasteiger partial charge in [0.2, 0.25) is 5.91 Å². The number of aromatic nitrogens is 2. The van der Waals surface area contributed by atoms with Crippen molar-refractivity contribution in [2.24, 2.45) is 10.3 Å². The molecule has 9 heteroatoms. The molecule has 0 aromatic carbocycles. The molecule has 2 atom stereocenters. The van der Waals surface area contributed by atoms with Crippen molar-refractivity contribution in [1.82, 2.24) is 9.97 Å². The quantitative estimate of drug-likeness (QED) is 0.809. The first-order valence-corrected chi connectivity index (χ1v) is 10.2. The van der Waals surface area contributed by atoms with E-state index in [0.717, 1.165) is 6.20 Å². The Morgan fingerprint density at radius 1 is 1.56 bits per heavy atom. The number of hydrogen-bond acceptors (Lipinski definition) is 6. The number of anilines is 1. The highest BCUT2D eigenvalue weighted by Crippen LogP contribution is 2.31. The number of rotatable bonds is 5. The fraction of sp³-hybridized carbons (Fsp3) is 0.312. The number of aryl methyl sites for hydroxylation is 1. The lowest BCUT2D eigenvalue weighted by Crippen LogP contribution is -2.26. The normalized spacial score (nSPS) is 14.2. The van der Waals surface area contributed by atoms with E-state index >= 15 is 0 Å². The van der Waals surface area contributed by atoms with Crippen LogP contribution in [0.2, 0.25) is 0 Å². The van der Waals surface area contributed by atoms with Gasteiger partial charge in [-0.3, -0.25) is 9.78 Å². The molecule has 25 heavy (non-hydrogen) atoms. The Hall–Kier alpha value is -2.31. The van der Waals surface area contributed by atoms with Crippen molar-refractivity contribution in [3.63, 3.8) is 0 Å². The number of hydrogen-bond donors (Lipinski definition) is 1. The van der Waals surface area contributed by atoms with Crippen LogP contribution in [-0.2, 0) is 14.5 Å². The van der Waals surface area contributed by atoms with E-state index in [1.54, 1.807) is 13.8 Å². The molecule has 2 aromatic rings. The molecule has 0 fully saturated rings. The Morgan fingerprint density at radius 3 is 2.92 bits per heavy atom. The van der Waals surface area contributed by atoms with Gasteiger partial charge in [-0.2, -0.15) is 0 Å². The van der Waals surface area contributed by atoms with Gasteiger partial charge in [-0.05, 0) is 13.0 Å². The van der Waals surface area contributed by atoms with Crippen LogP contribution in [0, 0.1) is 31.1 Å². The first-order chi connectivity index (χ1) is 11.7. The first kappa shape index (κ1) is 19.0. The molecular weight excluding hydrogens is 363 g/mol. The number of thiazole rings is 1. The molecule has 0 radical (unpaired) electrons. The van der Waals surface area contributed by atoms with Crippen LogP contribution in [0.25, 0.3) is 10.6 Å². The van der Waals surface area contributed by atoms with Gasteiger partial charge in [-0.1, -0.05) is 24.7 Å². The van der Waals surface area contributed by atoms with Gasteiger partial charge in [0, 0.05) is 35.7 Å². The lowest BCUT2D eigenvalue weighted by molar-refractivity contribution is -0.118. The largest absolute Gasteiger partial charge is 0.316 e. The molecule has 0 spiro atoms. The summed E-state index contributed by atoms with van der Waals surface area (Å²) in [6, 6.07) is 3.34. The lowest BCUT2D eigenvalue weighted by atomic mass is 10.2. The van der Waals surface area contributed by atoms with Gasteiger partial charge in [0.05, 0.1) is 21.6 Å². The number of amides is 1. The third-order valence-corrected chi connectivity index (χ3v) is 5.97. The number of pyridine rings is 1. The van der Waals surface area contributed by atoms with Gasteiger partial charge < -0.3 is 5.32 Å². The molecule has 6 nitrogen and oxygen atoms in total. The van der Waals surface area contributed by atoms with Crippen molar-refractivity contribution in [3.8, 4) is 23.0 Å². The van der Waals surface area contributed by atoms with Crippen LogP contribution in [-0.4, -0.2) is 32.1 Å². The third-order valence-electron chi connectivity index (χ3n) is 3.24. The summed E-state index contributed by atoms with van der Waals surface area (Å²) >= 11 is 1.22. The van der Waals surface area contributed by atoms with E-state index < -0.39 is 21.5 Å². The van der Waals surface area contributed by atoms with E-state index in [9.17, 15) is 13.4 Å². The fourth-order valence-electron chi connectivity index (χ4n) is 2.09. The van der Waals surface area contributed by atoms with Gasteiger partial charge in [0.25, 0.3) is 0 Å². The molecule has 0 saturated carbocycles. The highest BCUT2D eigenvalue weighted by Gasteiger charge is 2.20. The van der Waals surface area contributed by atoms with E-state index in [4.69, 9.17) is 6.42 Å². The zero-order valence-electron chi connectivity index (χ0n) is 13.9. The van der Waals surface area contributed by atoms with Crippen molar-refractivity contribution in [2.75, 3.05) is 17.3 Å². The van der Waals surface area contributed by atoms with E-state index in [-0.39, 0.29) is 11.7 Å². The number of halogens is 1. The van der Waals surface area contributed by atoms with Crippen molar-refractivity contribution in [3.05, 3.63) is 30.0 Å². The third kappa shape index (κ3) is 5.08. The molecule has 2 heterocycles. The molecule has 2 rings (SSSR count). The van der Waals surface area contributed by atoms with E-state index in [2.05, 4.69) is 19.6 Å². The molecule has 0 saturated heterocycles. The summed E-state index contributed by atoms with van der Waals surface area (Å²) in [7, 11) is -2.60. The summed E-state index contributed by atoms with van der Waals surface area (Å²) in [6.45, 7) is 3.39. The van der Waals surface area contributed by atoms with Crippen LogP contribution in [0.1, 0.15) is 12.6 Å².